The molecule has 2 saturated heterocycles. The highest BCUT2D eigenvalue weighted by Crippen LogP contribution is 2.29. The highest BCUT2D eigenvalue weighted by Gasteiger charge is 2.32. The third kappa shape index (κ3) is 4.88. The lowest BCUT2D eigenvalue weighted by atomic mass is 10.0. The molecule has 4 rings (SSSR count). The van der Waals surface area contributed by atoms with Crippen molar-refractivity contribution in [2.45, 2.75) is 19.6 Å². The molecule has 8 nitrogen and oxygen atoms in total. The number of ether oxygens (including phenoxy) is 1. The van der Waals surface area contributed by atoms with E-state index in [4.69, 9.17) is 4.74 Å². The zero-order valence-electron chi connectivity index (χ0n) is 17.8. The van der Waals surface area contributed by atoms with E-state index < -0.39 is 18.0 Å². The summed E-state index contributed by atoms with van der Waals surface area (Å²) in [5, 5.41) is 5.66. The Kier molecular flexibility index (Phi) is 6.36. The van der Waals surface area contributed by atoms with Crippen molar-refractivity contribution in [3.05, 3.63) is 53.8 Å². The first-order valence-electron chi connectivity index (χ1n) is 10.5. The summed E-state index contributed by atoms with van der Waals surface area (Å²) in [5.41, 5.74) is 2.50. The number of halogens is 1. The number of amides is 3. The van der Waals surface area contributed by atoms with E-state index in [0.29, 0.717) is 36.4 Å². The van der Waals surface area contributed by atoms with Crippen LogP contribution in [0, 0.1) is 5.82 Å². The molecule has 0 spiro atoms. The summed E-state index contributed by atoms with van der Waals surface area (Å²) in [4.78, 5) is 38.3. The van der Waals surface area contributed by atoms with Crippen LogP contribution < -0.4 is 15.5 Å². The van der Waals surface area contributed by atoms with Crippen LogP contribution in [-0.2, 0) is 20.9 Å². The molecule has 2 aromatic rings. The summed E-state index contributed by atoms with van der Waals surface area (Å²) in [6.07, 6.45) is -1.05. The van der Waals surface area contributed by atoms with Crippen LogP contribution in [0.1, 0.15) is 12.5 Å². The molecule has 0 radical (unpaired) electrons. The minimum atomic E-state index is -0.570. The highest BCUT2D eigenvalue weighted by molar-refractivity contribution is 5.90. The van der Waals surface area contributed by atoms with Gasteiger partial charge in [0.2, 0.25) is 11.8 Å². The van der Waals surface area contributed by atoms with Crippen molar-refractivity contribution in [3.63, 3.8) is 0 Å². The van der Waals surface area contributed by atoms with E-state index in [1.807, 2.05) is 24.3 Å². The topological polar surface area (TPSA) is 91.0 Å². The number of benzene rings is 2. The summed E-state index contributed by atoms with van der Waals surface area (Å²) in [6, 6.07) is 12.1. The molecule has 9 heteroatoms. The number of piperazine rings is 1. The van der Waals surface area contributed by atoms with Gasteiger partial charge in [0.05, 0.1) is 25.3 Å². The van der Waals surface area contributed by atoms with Gasteiger partial charge >= 0.3 is 6.09 Å². The van der Waals surface area contributed by atoms with Gasteiger partial charge in [-0.2, -0.15) is 0 Å². The number of rotatable bonds is 6. The molecular weight excluding hydrogens is 415 g/mol. The molecule has 2 fully saturated rings. The monoisotopic (exact) mass is 440 g/mol. The minimum absolute atomic E-state index is 0.0710. The lowest BCUT2D eigenvalue weighted by Crippen LogP contribution is -2.47. The second-order valence-corrected chi connectivity index (χ2v) is 7.91. The molecule has 32 heavy (non-hydrogen) atoms. The minimum Gasteiger partial charge on any atom is -0.442 e. The molecule has 0 aliphatic carbocycles. The molecule has 168 valence electrons. The molecule has 0 bridgehead atoms. The van der Waals surface area contributed by atoms with E-state index in [0.717, 1.165) is 12.1 Å². The van der Waals surface area contributed by atoms with Crippen molar-refractivity contribution in [3.8, 4) is 11.1 Å². The number of nitrogens with zero attached hydrogens (tertiary/aromatic N) is 2. The molecule has 1 atom stereocenters. The maximum atomic E-state index is 14.9. The van der Waals surface area contributed by atoms with Crippen LogP contribution in [0.5, 0.6) is 0 Å². The number of hydrogen-bond donors (Lipinski definition) is 2. The molecule has 3 amide bonds. The van der Waals surface area contributed by atoms with Gasteiger partial charge in [-0.05, 0) is 29.3 Å². The van der Waals surface area contributed by atoms with Gasteiger partial charge < -0.3 is 20.3 Å². The zero-order chi connectivity index (χ0) is 22.7. The smallest absolute Gasteiger partial charge is 0.414 e. The Bertz CT molecular complexity index is 1030. The standard InChI is InChI=1S/C23H25FN4O4/c1-15(29)26-11-19-14-28(23(31)32-19)18-6-7-20(21(24)10-18)17-4-2-16(3-5-17)13-27-9-8-25-12-22(27)30/h2-7,10,19,25H,8-9,11-14H2,1H3,(H,26,29)/t19-/m0/s1. The van der Waals surface area contributed by atoms with Crippen molar-refractivity contribution < 1.29 is 23.5 Å². The number of hydrogen-bond acceptors (Lipinski definition) is 5. The fraction of sp³-hybridized carbons (Fsp3) is 0.348. The van der Waals surface area contributed by atoms with E-state index in [1.165, 1.54) is 17.9 Å². The van der Waals surface area contributed by atoms with Gasteiger partial charge in [0.25, 0.3) is 0 Å². The molecule has 2 heterocycles. The van der Waals surface area contributed by atoms with E-state index in [1.54, 1.807) is 17.0 Å². The number of carbonyl (C=O) groups is 3. The lowest BCUT2D eigenvalue weighted by molar-refractivity contribution is -0.132. The van der Waals surface area contributed by atoms with Gasteiger partial charge in [-0.1, -0.05) is 24.3 Å². The Morgan fingerprint density at radius 3 is 2.69 bits per heavy atom. The van der Waals surface area contributed by atoms with Crippen molar-refractivity contribution >= 4 is 23.6 Å². The second-order valence-electron chi connectivity index (χ2n) is 7.91. The van der Waals surface area contributed by atoms with E-state index in [2.05, 4.69) is 10.6 Å². The first-order chi connectivity index (χ1) is 15.4. The zero-order valence-corrected chi connectivity index (χ0v) is 17.8. The third-order valence-electron chi connectivity index (χ3n) is 5.54. The van der Waals surface area contributed by atoms with Crippen molar-refractivity contribution in [1.29, 1.82) is 0 Å². The summed E-state index contributed by atoms with van der Waals surface area (Å²) < 4.78 is 20.1. The van der Waals surface area contributed by atoms with E-state index in [9.17, 15) is 18.8 Å². The Labute approximate surface area is 185 Å². The molecule has 0 unspecified atom stereocenters. The molecule has 2 N–H and O–H groups in total. The predicted octanol–water partition coefficient (Wildman–Crippen LogP) is 1.89. The second kappa shape index (κ2) is 9.35. The van der Waals surface area contributed by atoms with Gasteiger partial charge in [-0.25, -0.2) is 9.18 Å². The molecular formula is C23H25FN4O4. The van der Waals surface area contributed by atoms with Gasteiger partial charge in [0.15, 0.2) is 0 Å². The maximum absolute atomic E-state index is 14.9. The number of anilines is 1. The quantitative estimate of drug-likeness (QED) is 0.716. The van der Waals surface area contributed by atoms with Crippen LogP contribution in [0.25, 0.3) is 11.1 Å². The Hall–Kier alpha value is -3.46. The van der Waals surface area contributed by atoms with Crippen LogP contribution in [0.4, 0.5) is 14.9 Å². The normalized spacial score (nSPS) is 18.6. The Balaban J connectivity index is 1.43. The highest BCUT2D eigenvalue weighted by atomic mass is 19.1. The van der Waals surface area contributed by atoms with Crippen molar-refractivity contribution in [2.24, 2.45) is 0 Å². The summed E-state index contributed by atoms with van der Waals surface area (Å²) in [7, 11) is 0. The fourth-order valence-electron chi connectivity index (χ4n) is 3.83. The average Bonchev–Trinajstić information content (AvgIpc) is 3.15. The van der Waals surface area contributed by atoms with Crippen LogP contribution in [0.15, 0.2) is 42.5 Å². The average molecular weight is 440 g/mol. The molecule has 0 aromatic heterocycles. The number of nitrogens with one attached hydrogen (secondary N) is 2. The van der Waals surface area contributed by atoms with Gasteiger partial charge in [-0.15, -0.1) is 0 Å². The SMILES string of the molecule is CC(=O)NC[C@H]1CN(c2ccc(-c3ccc(CN4CCNCC4=O)cc3)c(F)c2)C(=O)O1. The maximum Gasteiger partial charge on any atom is 0.414 e. The van der Waals surface area contributed by atoms with Gasteiger partial charge in [0.1, 0.15) is 11.9 Å². The van der Waals surface area contributed by atoms with Gasteiger partial charge in [0, 0.05) is 32.1 Å². The first kappa shape index (κ1) is 21.8. The molecule has 0 saturated carbocycles. The molecule has 2 aliphatic heterocycles. The van der Waals surface area contributed by atoms with Crippen molar-refractivity contribution in [1.82, 2.24) is 15.5 Å². The Morgan fingerprint density at radius 2 is 2.00 bits per heavy atom. The van der Waals surface area contributed by atoms with E-state index in [-0.39, 0.29) is 24.9 Å². The van der Waals surface area contributed by atoms with Crippen LogP contribution in [-0.4, -0.2) is 61.6 Å². The fourth-order valence-corrected chi connectivity index (χ4v) is 3.83. The lowest BCUT2D eigenvalue weighted by Gasteiger charge is -2.27. The van der Waals surface area contributed by atoms with Crippen LogP contribution in [0.3, 0.4) is 0 Å². The summed E-state index contributed by atoms with van der Waals surface area (Å²) in [6.45, 7) is 4.16. The van der Waals surface area contributed by atoms with Crippen molar-refractivity contribution in [2.75, 3.05) is 37.6 Å². The Morgan fingerprint density at radius 1 is 1.22 bits per heavy atom. The van der Waals surface area contributed by atoms with E-state index >= 15 is 0 Å². The number of cyclic esters (lactones) is 1. The number of carbonyl (C=O) groups excluding carboxylic acids is 3. The first-order valence-corrected chi connectivity index (χ1v) is 10.5. The third-order valence-corrected chi connectivity index (χ3v) is 5.54. The molecule has 2 aliphatic rings. The van der Waals surface area contributed by atoms with Crippen LogP contribution in [0.2, 0.25) is 0 Å². The predicted molar refractivity (Wildman–Crippen MR) is 116 cm³/mol. The molecule has 2 aromatic carbocycles. The summed E-state index contributed by atoms with van der Waals surface area (Å²) in [5.74, 6) is -0.590. The largest absolute Gasteiger partial charge is 0.442 e. The summed E-state index contributed by atoms with van der Waals surface area (Å²) >= 11 is 0. The van der Waals surface area contributed by atoms with Gasteiger partial charge in [-0.3, -0.25) is 14.5 Å². The van der Waals surface area contributed by atoms with Crippen LogP contribution >= 0.6 is 0 Å².